The lowest BCUT2D eigenvalue weighted by atomic mass is 10.0. The molecular formula is C8H9N4O2-. The number of benzene rings is 1. The summed E-state index contributed by atoms with van der Waals surface area (Å²) in [6.07, 6.45) is -0.735. The molecule has 1 heterocycles. The maximum atomic E-state index is 11.4. The van der Waals surface area contributed by atoms with Crippen LogP contribution < -0.4 is 16.9 Å². The van der Waals surface area contributed by atoms with Gasteiger partial charge in [0.1, 0.15) is 6.17 Å². The Morgan fingerprint density at radius 3 is 2.93 bits per heavy atom. The van der Waals surface area contributed by atoms with E-state index in [1.54, 1.807) is 12.1 Å². The van der Waals surface area contributed by atoms with E-state index in [0.29, 0.717) is 11.3 Å². The van der Waals surface area contributed by atoms with E-state index >= 15 is 0 Å². The molecule has 0 radical (unpaired) electrons. The van der Waals surface area contributed by atoms with Crippen molar-refractivity contribution in [2.75, 3.05) is 5.73 Å². The number of carbonyl (C=O) groups is 1. The van der Waals surface area contributed by atoms with E-state index < -0.39 is 12.1 Å². The fourth-order valence-corrected chi connectivity index (χ4v) is 1.48. The van der Waals surface area contributed by atoms with E-state index in [4.69, 9.17) is 11.5 Å². The summed E-state index contributed by atoms with van der Waals surface area (Å²) in [5.74, 6) is -0.672. The molecule has 0 saturated heterocycles. The molecule has 6 nitrogen and oxygen atoms in total. The number of carbonyl (C=O) groups excluding carboxylic acids is 1. The first-order valence-corrected chi connectivity index (χ1v) is 4.03. The van der Waals surface area contributed by atoms with Gasteiger partial charge in [0.15, 0.2) is 0 Å². The minimum absolute atomic E-state index is 0.117. The van der Waals surface area contributed by atoms with Crippen LogP contribution in [0.5, 0.6) is 0 Å². The molecule has 0 spiro atoms. The summed E-state index contributed by atoms with van der Waals surface area (Å²) in [6.45, 7) is 0. The van der Waals surface area contributed by atoms with Crippen molar-refractivity contribution in [2.24, 2.45) is 5.73 Å². The first-order valence-electron chi connectivity index (χ1n) is 4.03. The lowest BCUT2D eigenvalue weighted by Gasteiger charge is -2.37. The van der Waals surface area contributed by atoms with Crippen LogP contribution in [0.2, 0.25) is 0 Å². The molecule has 74 valence electrons. The number of nitrogens with two attached hydrogens (primary N) is 2. The van der Waals surface area contributed by atoms with Crippen molar-refractivity contribution in [2.45, 2.75) is 6.17 Å². The van der Waals surface area contributed by atoms with Crippen LogP contribution in [0.25, 0.3) is 0 Å². The second-order valence-corrected chi connectivity index (χ2v) is 3.01. The predicted octanol–water partition coefficient (Wildman–Crippen LogP) is -0.316. The molecule has 1 unspecified atom stereocenters. The highest BCUT2D eigenvalue weighted by Gasteiger charge is 2.25. The van der Waals surface area contributed by atoms with Gasteiger partial charge in [-0.05, 0) is 12.1 Å². The van der Waals surface area contributed by atoms with E-state index in [1.165, 1.54) is 6.07 Å². The van der Waals surface area contributed by atoms with Gasteiger partial charge in [-0.1, -0.05) is 6.07 Å². The largest absolute Gasteiger partial charge is 0.741 e. The number of fused-ring (bicyclic) bond motifs is 1. The van der Waals surface area contributed by atoms with E-state index in [2.05, 4.69) is 5.43 Å². The van der Waals surface area contributed by atoms with Gasteiger partial charge >= 0.3 is 0 Å². The van der Waals surface area contributed by atoms with Crippen molar-refractivity contribution in [3.05, 3.63) is 34.5 Å². The molecule has 1 aromatic rings. The number of anilines is 1. The highest BCUT2D eigenvalue weighted by molar-refractivity contribution is 5.98. The Bertz CT molecular complexity index is 393. The smallest absolute Gasteiger partial charge is 0.258 e. The van der Waals surface area contributed by atoms with Crippen LogP contribution in [0.1, 0.15) is 22.1 Å². The van der Waals surface area contributed by atoms with Gasteiger partial charge < -0.3 is 21.8 Å². The lowest BCUT2D eigenvalue weighted by Crippen LogP contribution is -2.48. The van der Waals surface area contributed by atoms with E-state index in [9.17, 15) is 10.0 Å². The van der Waals surface area contributed by atoms with E-state index in [-0.39, 0.29) is 10.7 Å². The number of nitrogen functional groups attached to an aromatic ring is 1. The van der Waals surface area contributed by atoms with Crippen molar-refractivity contribution in [3.63, 3.8) is 0 Å². The first-order chi connectivity index (χ1) is 6.61. The Balaban J connectivity index is 2.61. The zero-order valence-electron chi connectivity index (χ0n) is 7.23. The van der Waals surface area contributed by atoms with Crippen LogP contribution in [0.15, 0.2) is 18.2 Å². The summed E-state index contributed by atoms with van der Waals surface area (Å²) in [5.41, 5.74) is 14.7. The molecule has 1 atom stereocenters. The molecule has 14 heavy (non-hydrogen) atoms. The van der Waals surface area contributed by atoms with E-state index in [1.807, 2.05) is 0 Å². The maximum absolute atomic E-state index is 11.4. The Kier molecular flexibility index (Phi) is 1.88. The summed E-state index contributed by atoms with van der Waals surface area (Å²) in [7, 11) is 0. The minimum Gasteiger partial charge on any atom is -0.741 e. The Morgan fingerprint density at radius 1 is 1.50 bits per heavy atom. The third kappa shape index (κ3) is 1.13. The van der Waals surface area contributed by atoms with Gasteiger partial charge in [0.05, 0.1) is 0 Å². The zero-order valence-corrected chi connectivity index (χ0v) is 7.23. The standard InChI is InChI=1S/C8H9N4O2/c9-5-3-1-2-4-6(5)7(10)11-12(14)8(4)13/h1-3,7,11H,9-10H2/q-1. The van der Waals surface area contributed by atoms with Gasteiger partial charge in [-0.3, -0.25) is 4.79 Å². The van der Waals surface area contributed by atoms with Crippen molar-refractivity contribution in [1.29, 1.82) is 0 Å². The second-order valence-electron chi connectivity index (χ2n) is 3.01. The number of nitrogens with zero attached hydrogens (tertiary/aromatic N) is 1. The molecule has 0 aliphatic carbocycles. The molecule has 0 aromatic heterocycles. The van der Waals surface area contributed by atoms with Crippen molar-refractivity contribution in [3.8, 4) is 0 Å². The normalized spacial score (nSPS) is 20.9. The van der Waals surface area contributed by atoms with Crippen LogP contribution in [0, 0.1) is 5.21 Å². The number of hydroxylamine groups is 1. The first kappa shape index (κ1) is 8.95. The summed E-state index contributed by atoms with van der Waals surface area (Å²) < 4.78 is 0. The molecule has 0 bridgehead atoms. The van der Waals surface area contributed by atoms with Crippen molar-refractivity contribution in [1.82, 2.24) is 10.6 Å². The minimum atomic E-state index is -0.735. The average Bonchev–Trinajstić information content (AvgIpc) is 2.14. The van der Waals surface area contributed by atoms with Crippen LogP contribution >= 0.6 is 0 Å². The number of hydrazine groups is 1. The van der Waals surface area contributed by atoms with Gasteiger partial charge in [0.2, 0.25) is 0 Å². The monoisotopic (exact) mass is 193 g/mol. The Labute approximate surface area is 80.0 Å². The maximum Gasteiger partial charge on any atom is 0.258 e. The summed E-state index contributed by atoms with van der Waals surface area (Å²) in [5, 5.41) is 11.1. The van der Waals surface area contributed by atoms with Crippen molar-refractivity contribution < 1.29 is 4.79 Å². The predicted molar refractivity (Wildman–Crippen MR) is 50.5 cm³/mol. The fraction of sp³-hybridized carbons (Fsp3) is 0.125. The van der Waals surface area contributed by atoms with Crippen LogP contribution in [0.4, 0.5) is 5.69 Å². The molecule has 0 saturated carbocycles. The molecule has 1 aliphatic heterocycles. The molecule has 1 amide bonds. The Hall–Kier alpha value is -1.63. The van der Waals surface area contributed by atoms with E-state index in [0.717, 1.165) is 0 Å². The quantitative estimate of drug-likeness (QED) is 0.489. The van der Waals surface area contributed by atoms with Crippen molar-refractivity contribution >= 4 is 11.6 Å². The third-order valence-corrected chi connectivity index (χ3v) is 2.12. The van der Waals surface area contributed by atoms with Gasteiger partial charge in [0.25, 0.3) is 5.91 Å². The highest BCUT2D eigenvalue weighted by Crippen LogP contribution is 2.26. The molecule has 6 heteroatoms. The third-order valence-electron chi connectivity index (χ3n) is 2.12. The molecule has 2 rings (SSSR count). The SMILES string of the molecule is Nc1cccc2c1C(N)NN([O-])C2=O. The van der Waals surface area contributed by atoms with Gasteiger partial charge in [0, 0.05) is 16.8 Å². The van der Waals surface area contributed by atoms with Gasteiger partial charge in [-0.2, -0.15) is 0 Å². The topological polar surface area (TPSA) is 107 Å². The molecule has 5 N–H and O–H groups in total. The summed E-state index contributed by atoms with van der Waals surface area (Å²) in [4.78, 5) is 11.4. The number of hydrogen-bond acceptors (Lipinski definition) is 5. The van der Waals surface area contributed by atoms with Gasteiger partial charge in [-0.15, -0.1) is 0 Å². The lowest BCUT2D eigenvalue weighted by molar-refractivity contribution is 0.0697. The van der Waals surface area contributed by atoms with Crippen LogP contribution in [-0.2, 0) is 0 Å². The molecule has 0 fully saturated rings. The molecule has 1 aliphatic rings. The number of amides is 1. The van der Waals surface area contributed by atoms with Gasteiger partial charge in [-0.25, -0.2) is 5.43 Å². The molecule has 1 aromatic carbocycles. The summed E-state index contributed by atoms with van der Waals surface area (Å²) >= 11 is 0. The second kappa shape index (κ2) is 2.95. The number of rotatable bonds is 0. The highest BCUT2D eigenvalue weighted by atomic mass is 16.6. The Morgan fingerprint density at radius 2 is 2.21 bits per heavy atom. The van der Waals surface area contributed by atoms with Crippen LogP contribution in [0.3, 0.4) is 0 Å². The van der Waals surface area contributed by atoms with Crippen LogP contribution in [-0.4, -0.2) is 11.1 Å². The molecular weight excluding hydrogens is 184 g/mol. The fourth-order valence-electron chi connectivity index (χ4n) is 1.48. The zero-order chi connectivity index (χ0) is 10.3. The number of hydrogen-bond donors (Lipinski definition) is 3. The summed E-state index contributed by atoms with van der Waals surface area (Å²) in [6, 6.07) is 4.77. The average molecular weight is 193 g/mol. The number of nitrogens with one attached hydrogen (secondary N) is 1.